The molecule has 1 unspecified atom stereocenters. The summed E-state index contributed by atoms with van der Waals surface area (Å²) in [6.45, 7) is 6.34. The van der Waals surface area contributed by atoms with E-state index in [2.05, 4.69) is 10.0 Å². The van der Waals surface area contributed by atoms with Gasteiger partial charge in [0.25, 0.3) is 15.9 Å². The molecule has 0 fully saturated rings. The van der Waals surface area contributed by atoms with Crippen LogP contribution in [0, 0.1) is 13.8 Å². The van der Waals surface area contributed by atoms with Gasteiger partial charge in [0, 0.05) is 12.1 Å². The number of sulfonamides is 1. The Hall–Kier alpha value is -3.12. The lowest BCUT2D eigenvalue weighted by Gasteiger charge is -2.14. The molecule has 156 valence electrons. The normalized spacial score (nSPS) is 12.2. The summed E-state index contributed by atoms with van der Waals surface area (Å²) in [5.74, 6) is -0.0548. The van der Waals surface area contributed by atoms with Crippen LogP contribution in [-0.2, 0) is 10.0 Å². The molecule has 3 aromatic rings. The number of hydrogen-bond donors (Lipinski definition) is 2. The maximum atomic E-state index is 12.7. The van der Waals surface area contributed by atoms with Crippen LogP contribution in [0.3, 0.4) is 0 Å². The summed E-state index contributed by atoms with van der Waals surface area (Å²) in [6.07, 6.45) is 0. The van der Waals surface area contributed by atoms with Gasteiger partial charge in [-0.25, -0.2) is 8.42 Å². The Bertz CT molecular complexity index is 1120. The Morgan fingerprint density at radius 1 is 0.900 bits per heavy atom. The molecule has 0 aliphatic rings. The van der Waals surface area contributed by atoms with E-state index in [1.54, 1.807) is 6.07 Å². The van der Waals surface area contributed by atoms with E-state index in [9.17, 15) is 13.2 Å². The van der Waals surface area contributed by atoms with Gasteiger partial charge in [-0.3, -0.25) is 9.52 Å². The first-order chi connectivity index (χ1) is 14.3. The summed E-state index contributed by atoms with van der Waals surface area (Å²) in [7, 11) is -3.74. The molecular formula is C24H26N2O3S. The van der Waals surface area contributed by atoms with Gasteiger partial charge >= 0.3 is 0 Å². The molecule has 0 saturated heterocycles. The number of anilines is 1. The first kappa shape index (κ1) is 21.6. The smallest absolute Gasteiger partial charge is 0.261 e. The molecule has 6 heteroatoms. The molecule has 0 aliphatic heterocycles. The van der Waals surface area contributed by atoms with Crippen LogP contribution in [0.1, 0.15) is 39.9 Å². The average molecular weight is 423 g/mol. The maximum absolute atomic E-state index is 12.7. The van der Waals surface area contributed by atoms with E-state index >= 15 is 0 Å². The monoisotopic (exact) mass is 422 g/mol. The fourth-order valence-electron chi connectivity index (χ4n) is 3.10. The summed E-state index contributed by atoms with van der Waals surface area (Å²) >= 11 is 0. The molecule has 0 spiro atoms. The molecule has 1 atom stereocenters. The highest BCUT2D eigenvalue weighted by atomic mass is 32.2. The van der Waals surface area contributed by atoms with Crippen molar-refractivity contribution in [1.29, 1.82) is 0 Å². The molecule has 0 aliphatic carbocycles. The lowest BCUT2D eigenvalue weighted by molar-refractivity contribution is 0.0951. The number of carbonyl (C=O) groups is 1. The van der Waals surface area contributed by atoms with Crippen molar-refractivity contribution in [3.63, 3.8) is 0 Å². The number of hydrogen-bond acceptors (Lipinski definition) is 3. The van der Waals surface area contributed by atoms with Crippen LogP contribution >= 0.6 is 0 Å². The first-order valence-corrected chi connectivity index (χ1v) is 11.3. The Morgan fingerprint density at radius 2 is 1.57 bits per heavy atom. The predicted molar refractivity (Wildman–Crippen MR) is 120 cm³/mol. The Morgan fingerprint density at radius 3 is 2.23 bits per heavy atom. The zero-order valence-electron chi connectivity index (χ0n) is 17.3. The molecule has 0 saturated carbocycles. The minimum Gasteiger partial charge on any atom is -0.351 e. The average Bonchev–Trinajstić information content (AvgIpc) is 2.75. The van der Waals surface area contributed by atoms with Gasteiger partial charge in [0.05, 0.1) is 10.6 Å². The molecule has 0 radical (unpaired) electrons. The van der Waals surface area contributed by atoms with Crippen LogP contribution in [0.4, 0.5) is 5.69 Å². The molecule has 3 aromatic carbocycles. The van der Waals surface area contributed by atoms with E-state index in [0.717, 1.165) is 16.7 Å². The third-order valence-corrected chi connectivity index (χ3v) is 6.59. The molecular weight excluding hydrogens is 396 g/mol. The van der Waals surface area contributed by atoms with Crippen molar-refractivity contribution < 1.29 is 13.2 Å². The van der Waals surface area contributed by atoms with Crippen LogP contribution in [0.5, 0.6) is 0 Å². The van der Waals surface area contributed by atoms with Gasteiger partial charge in [0.15, 0.2) is 0 Å². The second kappa shape index (κ2) is 9.13. The van der Waals surface area contributed by atoms with Crippen molar-refractivity contribution in [3.05, 3.63) is 95.1 Å². The van der Waals surface area contributed by atoms with E-state index in [-0.39, 0.29) is 16.7 Å². The van der Waals surface area contributed by atoms with Gasteiger partial charge in [0.1, 0.15) is 0 Å². The predicted octanol–water partition coefficient (Wildman–Crippen LogP) is 4.64. The van der Waals surface area contributed by atoms with Crippen molar-refractivity contribution in [2.45, 2.75) is 31.6 Å². The Balaban J connectivity index is 1.66. The van der Waals surface area contributed by atoms with Crippen molar-refractivity contribution >= 4 is 21.6 Å². The van der Waals surface area contributed by atoms with Crippen LogP contribution in [-0.4, -0.2) is 20.9 Å². The molecule has 1 amide bonds. The Labute approximate surface area is 178 Å². The van der Waals surface area contributed by atoms with E-state index in [0.29, 0.717) is 17.8 Å². The van der Waals surface area contributed by atoms with Gasteiger partial charge in [0.2, 0.25) is 0 Å². The van der Waals surface area contributed by atoms with Crippen molar-refractivity contribution in [3.8, 4) is 0 Å². The van der Waals surface area contributed by atoms with Crippen LogP contribution in [0.15, 0.2) is 77.7 Å². The summed E-state index contributed by atoms with van der Waals surface area (Å²) in [5, 5.41) is 2.90. The zero-order chi connectivity index (χ0) is 21.7. The lowest BCUT2D eigenvalue weighted by atomic mass is 10.0. The van der Waals surface area contributed by atoms with E-state index in [1.807, 2.05) is 63.2 Å². The fraction of sp³-hybridized carbons (Fsp3) is 0.208. The Kier molecular flexibility index (Phi) is 6.57. The van der Waals surface area contributed by atoms with Gasteiger partial charge < -0.3 is 5.32 Å². The van der Waals surface area contributed by atoms with Gasteiger partial charge in [-0.2, -0.15) is 0 Å². The van der Waals surface area contributed by atoms with Crippen LogP contribution < -0.4 is 10.0 Å². The minimum absolute atomic E-state index is 0.109. The van der Waals surface area contributed by atoms with E-state index in [4.69, 9.17) is 0 Å². The van der Waals surface area contributed by atoms with E-state index < -0.39 is 10.0 Å². The molecule has 2 N–H and O–H groups in total. The molecule has 30 heavy (non-hydrogen) atoms. The summed E-state index contributed by atoms with van der Waals surface area (Å²) in [4.78, 5) is 12.5. The first-order valence-electron chi connectivity index (χ1n) is 9.80. The third-order valence-electron chi connectivity index (χ3n) is 5.21. The molecule has 5 nitrogen and oxygen atoms in total. The van der Waals surface area contributed by atoms with Crippen LogP contribution in [0.2, 0.25) is 0 Å². The highest BCUT2D eigenvalue weighted by molar-refractivity contribution is 7.92. The SMILES string of the molecule is Cc1cccc(NS(=O)(=O)c2ccc(C(=O)NCC(C)c3ccccc3)cc2)c1C. The highest BCUT2D eigenvalue weighted by Crippen LogP contribution is 2.22. The van der Waals surface area contributed by atoms with Gasteiger partial charge in [-0.1, -0.05) is 49.4 Å². The number of aryl methyl sites for hydroxylation is 1. The fourth-order valence-corrected chi connectivity index (χ4v) is 4.22. The molecule has 0 heterocycles. The standard InChI is InChI=1S/C24H26N2O3S/c1-17-8-7-11-23(19(17)3)26-30(28,29)22-14-12-21(13-15-22)24(27)25-16-18(2)20-9-5-4-6-10-20/h4-15,18,26H,16H2,1-3H3,(H,25,27). The number of benzene rings is 3. The van der Waals surface area contributed by atoms with Crippen LogP contribution in [0.25, 0.3) is 0 Å². The number of rotatable bonds is 7. The van der Waals surface area contributed by atoms with Crippen molar-refractivity contribution in [2.24, 2.45) is 0 Å². The largest absolute Gasteiger partial charge is 0.351 e. The number of nitrogens with one attached hydrogen (secondary N) is 2. The van der Waals surface area contributed by atoms with Crippen molar-refractivity contribution in [1.82, 2.24) is 5.32 Å². The zero-order valence-corrected chi connectivity index (χ0v) is 18.2. The molecule has 3 rings (SSSR count). The molecule has 0 aromatic heterocycles. The number of carbonyl (C=O) groups excluding carboxylic acids is 1. The summed E-state index contributed by atoms with van der Waals surface area (Å²) in [6, 6.07) is 21.4. The topological polar surface area (TPSA) is 75.3 Å². The second-order valence-electron chi connectivity index (χ2n) is 7.40. The number of amides is 1. The maximum Gasteiger partial charge on any atom is 0.261 e. The lowest BCUT2D eigenvalue weighted by Crippen LogP contribution is -2.27. The molecule has 0 bridgehead atoms. The quantitative estimate of drug-likeness (QED) is 0.583. The third kappa shape index (κ3) is 5.07. The highest BCUT2D eigenvalue weighted by Gasteiger charge is 2.17. The minimum atomic E-state index is -3.74. The summed E-state index contributed by atoms with van der Waals surface area (Å²) < 4.78 is 28.0. The van der Waals surface area contributed by atoms with Crippen molar-refractivity contribution in [2.75, 3.05) is 11.3 Å². The van der Waals surface area contributed by atoms with E-state index in [1.165, 1.54) is 24.3 Å². The second-order valence-corrected chi connectivity index (χ2v) is 9.08. The summed E-state index contributed by atoms with van der Waals surface area (Å²) in [5.41, 5.74) is 4.00. The van der Waals surface area contributed by atoms with Gasteiger partial charge in [-0.15, -0.1) is 0 Å². The van der Waals surface area contributed by atoms with Gasteiger partial charge in [-0.05, 0) is 66.8 Å².